The first-order valence-corrected chi connectivity index (χ1v) is 34.1. The van der Waals surface area contributed by atoms with Crippen molar-refractivity contribution in [2.45, 2.75) is 361 Å². The lowest BCUT2D eigenvalue weighted by Crippen LogP contribution is -2.70. The molecule has 0 aromatic carbocycles. The number of aliphatic carboxylic acids is 1. The number of carbonyl (C=O) groups excluding carboxylic acids is 2. The maximum Gasteiger partial charge on any atom is 0.364 e. The van der Waals surface area contributed by atoms with Crippen molar-refractivity contribution in [1.29, 1.82) is 0 Å². The number of carbonyl (C=O) groups is 3. The lowest BCUT2D eigenvalue weighted by Gasteiger charge is -2.50. The zero-order valence-electron chi connectivity index (χ0n) is 53.8. The second kappa shape index (κ2) is 45.9. The highest BCUT2D eigenvalue weighted by molar-refractivity contribution is 5.80. The first-order valence-electron chi connectivity index (χ1n) is 34.1. The van der Waals surface area contributed by atoms with E-state index in [1.54, 1.807) is 0 Å². The Labute approximate surface area is 528 Å². The highest BCUT2D eigenvalue weighted by atomic mass is 16.8. The number of ether oxygens (including phenoxy) is 6. The standard InChI is InChI=1S/C64H120N2O23/c1-4-6-8-10-12-14-16-18-19-20-21-22-24-26-28-30-32-34-36-45(72)60(81)66-43(51(75)44(71)35-33-31-29-27-25-23-17-15-13-11-9-7-5-2)41-84-61-55(79)54(78)57(49(40-69)86-61)87-62-56(80)59(53(77)48(39-68)85-62)89-64(63(82)83)37-46(73)50(65-42(3)70)58(88-64)52(76)47(74)38-67/h43-59,61-62,67-69,71-80H,4-41H2,1-3H3,(H,65,70)(H,66,81)(H,82,83)/t43-,44+,45+,46-,47+,48+,49+,50+,51-,52+,53-,54+,55+,56+,57+,58+,59-,61+,62-,64-/m0/s1. The molecule has 3 aliphatic heterocycles. The molecule has 25 heteroatoms. The Morgan fingerprint density at radius 1 is 0.551 bits per heavy atom. The van der Waals surface area contributed by atoms with Gasteiger partial charge in [0.15, 0.2) is 12.6 Å². The Morgan fingerprint density at radius 3 is 1.44 bits per heavy atom. The van der Waals surface area contributed by atoms with E-state index in [4.69, 9.17) is 28.4 Å². The van der Waals surface area contributed by atoms with Gasteiger partial charge >= 0.3 is 5.97 Å². The molecule has 0 radical (unpaired) electrons. The maximum absolute atomic E-state index is 13.6. The van der Waals surface area contributed by atoms with Crippen LogP contribution in [0.15, 0.2) is 0 Å². The second-order valence-electron chi connectivity index (χ2n) is 25.3. The molecule has 0 spiro atoms. The molecule has 3 rings (SSSR count). The van der Waals surface area contributed by atoms with Crippen LogP contribution >= 0.6 is 0 Å². The Kier molecular flexibility index (Phi) is 41.7. The van der Waals surface area contributed by atoms with Gasteiger partial charge in [-0.05, 0) is 12.8 Å². The van der Waals surface area contributed by atoms with Gasteiger partial charge in [0.25, 0.3) is 5.79 Å². The summed E-state index contributed by atoms with van der Waals surface area (Å²) < 4.78 is 34.6. The fraction of sp³-hybridized carbons (Fsp3) is 0.953. The summed E-state index contributed by atoms with van der Waals surface area (Å²) in [5, 5.41) is 158. The molecule has 0 saturated carbocycles. The SMILES string of the molecule is CCCCCCCCCCCCCCCCCCCC[C@@H](O)C(=O)N[C@@H](CO[C@@H]1O[C@H](CO)[C@@H](O[C@@H]2O[C@H](CO)[C@H](O)[C@H](O[C@]3(C(=O)O)C[C@H](O)[C@@H](NC(C)=O)[C@H]([C@H](O)[C@H](O)CO)O3)[C@H]2O)[C@H](O)[C@H]1O)[C@H](O)[C@H](O)CCCCCCCCCCCCCCC. The van der Waals surface area contributed by atoms with Crippen molar-refractivity contribution in [3.8, 4) is 0 Å². The molecule has 0 aromatic rings. The van der Waals surface area contributed by atoms with E-state index < -0.39 is 173 Å². The van der Waals surface area contributed by atoms with E-state index in [-0.39, 0.29) is 12.8 Å². The van der Waals surface area contributed by atoms with E-state index in [1.807, 2.05) is 0 Å². The van der Waals surface area contributed by atoms with Crippen LogP contribution < -0.4 is 10.6 Å². The molecule has 0 aliphatic carbocycles. The van der Waals surface area contributed by atoms with E-state index in [2.05, 4.69) is 24.5 Å². The summed E-state index contributed by atoms with van der Waals surface area (Å²) in [5.74, 6) is -6.72. The number of amides is 2. The van der Waals surface area contributed by atoms with E-state index >= 15 is 0 Å². The quantitative estimate of drug-likeness (QED) is 0.0389. The predicted octanol–water partition coefficient (Wildman–Crippen LogP) is 3.28. The number of aliphatic hydroxyl groups is 13. The van der Waals surface area contributed by atoms with E-state index in [0.717, 1.165) is 64.7 Å². The average Bonchev–Trinajstić information content (AvgIpc) is 0.858. The molecule has 3 aliphatic rings. The molecule has 3 heterocycles. The van der Waals surface area contributed by atoms with Gasteiger partial charge in [0.05, 0.1) is 50.7 Å². The third kappa shape index (κ3) is 28.6. The molecule has 0 aromatic heterocycles. The normalized spacial score (nSPS) is 29.5. The van der Waals surface area contributed by atoms with Gasteiger partial charge < -0.3 is 111 Å². The van der Waals surface area contributed by atoms with Crippen molar-refractivity contribution < 1.29 is 114 Å². The summed E-state index contributed by atoms with van der Waals surface area (Å²) in [6, 6.07) is -2.99. The Morgan fingerprint density at radius 2 is 1.00 bits per heavy atom. The van der Waals surface area contributed by atoms with E-state index in [1.165, 1.54) is 128 Å². The van der Waals surface area contributed by atoms with Crippen LogP contribution in [0.2, 0.25) is 0 Å². The van der Waals surface area contributed by atoms with Gasteiger partial charge in [0.1, 0.15) is 79.4 Å². The summed E-state index contributed by atoms with van der Waals surface area (Å²) in [4.78, 5) is 38.6. The summed E-state index contributed by atoms with van der Waals surface area (Å²) in [5.41, 5.74) is 0. The van der Waals surface area contributed by atoms with Crippen LogP contribution in [0.25, 0.3) is 0 Å². The van der Waals surface area contributed by atoms with E-state index in [0.29, 0.717) is 12.8 Å². The first kappa shape index (κ1) is 80.9. The van der Waals surface area contributed by atoms with Crippen molar-refractivity contribution in [2.75, 3.05) is 26.4 Å². The number of nitrogens with one attached hydrogen (secondary N) is 2. The third-order valence-electron chi connectivity index (χ3n) is 17.8. The zero-order chi connectivity index (χ0) is 65.7. The van der Waals surface area contributed by atoms with Crippen molar-refractivity contribution in [2.24, 2.45) is 0 Å². The Hall–Kier alpha value is -2.35. The van der Waals surface area contributed by atoms with Crippen LogP contribution in [0.5, 0.6) is 0 Å². The molecular formula is C64H120N2O23. The summed E-state index contributed by atoms with van der Waals surface area (Å²) in [6.07, 6.45) is 2.49. The number of carboxylic acids is 1. The van der Waals surface area contributed by atoms with Gasteiger partial charge in [-0.25, -0.2) is 4.79 Å². The molecule has 89 heavy (non-hydrogen) atoms. The van der Waals surface area contributed by atoms with Crippen LogP contribution in [0, 0.1) is 0 Å². The molecular weight excluding hydrogens is 1160 g/mol. The summed E-state index contributed by atoms with van der Waals surface area (Å²) >= 11 is 0. The maximum atomic E-state index is 13.6. The van der Waals surface area contributed by atoms with Crippen molar-refractivity contribution in [3.63, 3.8) is 0 Å². The van der Waals surface area contributed by atoms with Gasteiger partial charge in [-0.3, -0.25) is 9.59 Å². The van der Waals surface area contributed by atoms with Crippen LogP contribution in [0.1, 0.15) is 239 Å². The molecule has 25 nitrogen and oxygen atoms in total. The summed E-state index contributed by atoms with van der Waals surface area (Å²) in [6.45, 7) is 1.74. The van der Waals surface area contributed by atoms with Crippen molar-refractivity contribution in [1.82, 2.24) is 10.6 Å². The fourth-order valence-electron chi connectivity index (χ4n) is 12.2. The highest BCUT2D eigenvalue weighted by Crippen LogP contribution is 2.39. The van der Waals surface area contributed by atoms with Crippen LogP contribution in [-0.2, 0) is 42.8 Å². The Bertz CT molecular complexity index is 1850. The predicted molar refractivity (Wildman–Crippen MR) is 327 cm³/mol. The number of hydrogen-bond acceptors (Lipinski definition) is 22. The number of unbranched alkanes of at least 4 members (excludes halogenated alkanes) is 29. The number of carboxylic acid groups (broad SMARTS) is 1. The van der Waals surface area contributed by atoms with Crippen LogP contribution in [0.4, 0.5) is 0 Å². The van der Waals surface area contributed by atoms with Crippen LogP contribution in [-0.4, -0.2) is 238 Å². The molecule has 524 valence electrons. The molecule has 0 bridgehead atoms. The third-order valence-corrected chi connectivity index (χ3v) is 17.8. The molecule has 20 atom stereocenters. The smallest absolute Gasteiger partial charge is 0.364 e. The number of aliphatic hydroxyl groups excluding tert-OH is 13. The monoisotopic (exact) mass is 1280 g/mol. The zero-order valence-corrected chi connectivity index (χ0v) is 53.8. The molecule has 2 amide bonds. The molecule has 3 saturated heterocycles. The second-order valence-corrected chi connectivity index (χ2v) is 25.3. The van der Waals surface area contributed by atoms with Gasteiger partial charge in [0.2, 0.25) is 11.8 Å². The minimum Gasteiger partial charge on any atom is -0.477 e. The lowest BCUT2D eigenvalue weighted by atomic mass is 9.88. The minimum absolute atomic E-state index is 0.134. The number of hydrogen-bond donors (Lipinski definition) is 16. The van der Waals surface area contributed by atoms with Gasteiger partial charge in [-0.15, -0.1) is 0 Å². The van der Waals surface area contributed by atoms with Gasteiger partial charge in [-0.1, -0.05) is 213 Å². The molecule has 3 fully saturated rings. The van der Waals surface area contributed by atoms with E-state index in [9.17, 15) is 85.9 Å². The van der Waals surface area contributed by atoms with Crippen molar-refractivity contribution >= 4 is 17.8 Å². The molecule has 16 N–H and O–H groups in total. The average molecular weight is 1290 g/mol. The van der Waals surface area contributed by atoms with Gasteiger partial charge in [-0.2, -0.15) is 0 Å². The lowest BCUT2D eigenvalue weighted by molar-refractivity contribution is -0.386. The Balaban J connectivity index is 1.65. The van der Waals surface area contributed by atoms with Gasteiger partial charge in [0, 0.05) is 13.3 Å². The summed E-state index contributed by atoms with van der Waals surface area (Å²) in [7, 11) is 0. The number of rotatable bonds is 51. The topological polar surface area (TPSA) is 414 Å². The minimum atomic E-state index is -3.11. The first-order chi connectivity index (χ1) is 42.7. The fourth-order valence-corrected chi connectivity index (χ4v) is 12.2. The van der Waals surface area contributed by atoms with Crippen LogP contribution in [0.3, 0.4) is 0 Å². The van der Waals surface area contributed by atoms with Crippen molar-refractivity contribution in [3.05, 3.63) is 0 Å². The highest BCUT2D eigenvalue weighted by Gasteiger charge is 2.60. The molecule has 0 unspecified atom stereocenters. The largest absolute Gasteiger partial charge is 0.477 e.